The Kier molecular flexibility index (Phi) is 2.62. The number of anilines is 1. The van der Waals surface area contributed by atoms with Crippen LogP contribution in [-0.2, 0) is 0 Å². The van der Waals surface area contributed by atoms with Crippen molar-refractivity contribution >= 4 is 5.69 Å². The van der Waals surface area contributed by atoms with Crippen LogP contribution in [0.25, 0.3) is 0 Å². The zero-order valence-corrected chi connectivity index (χ0v) is 10.1. The van der Waals surface area contributed by atoms with Crippen LogP contribution in [0, 0.1) is 6.92 Å². The molecule has 0 aromatic heterocycles. The highest BCUT2D eigenvalue weighted by molar-refractivity contribution is 5.60. The van der Waals surface area contributed by atoms with E-state index in [9.17, 15) is 0 Å². The molecule has 2 unspecified atom stereocenters. The first-order chi connectivity index (χ1) is 7.84. The molecule has 86 valence electrons. The Balaban J connectivity index is 1.92. The zero-order valence-electron chi connectivity index (χ0n) is 10.1. The van der Waals surface area contributed by atoms with E-state index in [1.165, 1.54) is 49.8 Å². The van der Waals surface area contributed by atoms with Gasteiger partial charge >= 0.3 is 0 Å². The van der Waals surface area contributed by atoms with Gasteiger partial charge in [-0.3, -0.25) is 0 Å². The van der Waals surface area contributed by atoms with Crippen molar-refractivity contribution in [2.24, 2.45) is 0 Å². The Morgan fingerprint density at radius 1 is 1.06 bits per heavy atom. The summed E-state index contributed by atoms with van der Waals surface area (Å²) in [7, 11) is 0. The maximum atomic E-state index is 3.73. The third kappa shape index (κ3) is 1.73. The largest absolute Gasteiger partial charge is 0.381 e. The second kappa shape index (κ2) is 4.12. The molecule has 3 rings (SSSR count). The van der Waals surface area contributed by atoms with Crippen molar-refractivity contribution in [2.75, 3.05) is 5.32 Å². The van der Waals surface area contributed by atoms with Crippen LogP contribution in [0.2, 0.25) is 0 Å². The third-order valence-electron chi connectivity index (χ3n) is 4.21. The number of fused-ring (bicyclic) bond motifs is 3. The fourth-order valence-electron chi connectivity index (χ4n) is 3.35. The molecule has 0 spiro atoms. The molecule has 1 aromatic carbocycles. The molecule has 16 heavy (non-hydrogen) atoms. The summed E-state index contributed by atoms with van der Waals surface area (Å²) in [5.41, 5.74) is 4.40. The van der Waals surface area contributed by atoms with Crippen molar-refractivity contribution < 1.29 is 0 Å². The van der Waals surface area contributed by atoms with Crippen LogP contribution in [0.4, 0.5) is 5.69 Å². The lowest BCUT2D eigenvalue weighted by Gasteiger charge is -2.23. The summed E-state index contributed by atoms with van der Waals surface area (Å²) in [5.74, 6) is 0.787. The van der Waals surface area contributed by atoms with E-state index in [0.29, 0.717) is 0 Å². The number of hydrogen-bond donors (Lipinski definition) is 1. The van der Waals surface area contributed by atoms with Crippen molar-refractivity contribution in [3.8, 4) is 0 Å². The van der Waals surface area contributed by atoms with E-state index in [2.05, 4.69) is 30.4 Å². The first-order valence-corrected chi connectivity index (χ1v) is 6.72. The van der Waals surface area contributed by atoms with Gasteiger partial charge < -0.3 is 5.32 Å². The molecule has 2 atom stereocenters. The van der Waals surface area contributed by atoms with Gasteiger partial charge in [-0.2, -0.15) is 0 Å². The van der Waals surface area contributed by atoms with E-state index in [-0.39, 0.29) is 0 Å². The molecule has 1 fully saturated rings. The van der Waals surface area contributed by atoms with E-state index in [1.807, 2.05) is 0 Å². The average Bonchev–Trinajstić information content (AvgIpc) is 2.55. The SMILES string of the molecule is Cc1ccc2c(c1)C1CCCCCCC1N2. The Bertz CT molecular complexity index is 383. The van der Waals surface area contributed by atoms with Crippen molar-refractivity contribution in [3.63, 3.8) is 0 Å². The Labute approximate surface area is 98.3 Å². The summed E-state index contributed by atoms with van der Waals surface area (Å²) in [5, 5.41) is 3.73. The normalized spacial score (nSPS) is 28.6. The minimum Gasteiger partial charge on any atom is -0.381 e. The molecule has 0 radical (unpaired) electrons. The summed E-state index contributed by atoms with van der Waals surface area (Å²) in [4.78, 5) is 0. The Morgan fingerprint density at radius 3 is 2.75 bits per heavy atom. The number of rotatable bonds is 0. The first-order valence-electron chi connectivity index (χ1n) is 6.72. The van der Waals surface area contributed by atoms with Gasteiger partial charge in [0.25, 0.3) is 0 Å². The molecule has 1 nitrogen and oxygen atoms in total. The molecule has 1 aliphatic heterocycles. The van der Waals surface area contributed by atoms with Crippen LogP contribution in [0.15, 0.2) is 18.2 Å². The maximum absolute atomic E-state index is 3.73. The van der Waals surface area contributed by atoms with Crippen molar-refractivity contribution in [1.82, 2.24) is 0 Å². The molecule has 1 heterocycles. The highest BCUT2D eigenvalue weighted by atomic mass is 15.0. The van der Waals surface area contributed by atoms with E-state index in [1.54, 1.807) is 5.56 Å². The smallest absolute Gasteiger partial charge is 0.0378 e. The lowest BCUT2D eigenvalue weighted by atomic mass is 9.84. The molecule has 2 aliphatic rings. The fourth-order valence-corrected chi connectivity index (χ4v) is 3.35. The molecule has 1 saturated carbocycles. The third-order valence-corrected chi connectivity index (χ3v) is 4.21. The number of hydrogen-bond acceptors (Lipinski definition) is 1. The van der Waals surface area contributed by atoms with Crippen LogP contribution in [0.3, 0.4) is 0 Å². The fraction of sp³-hybridized carbons (Fsp3) is 0.600. The molecule has 0 amide bonds. The number of aryl methyl sites for hydroxylation is 1. The van der Waals surface area contributed by atoms with Gasteiger partial charge in [0.15, 0.2) is 0 Å². The monoisotopic (exact) mass is 215 g/mol. The minimum atomic E-state index is 0.720. The second-order valence-electron chi connectivity index (χ2n) is 5.44. The van der Waals surface area contributed by atoms with E-state index >= 15 is 0 Å². The minimum absolute atomic E-state index is 0.720. The lowest BCUT2D eigenvalue weighted by Crippen LogP contribution is -2.21. The van der Waals surface area contributed by atoms with Gasteiger partial charge in [-0.25, -0.2) is 0 Å². The molecule has 1 N–H and O–H groups in total. The molecule has 1 aromatic rings. The Morgan fingerprint density at radius 2 is 1.88 bits per heavy atom. The molecule has 0 bridgehead atoms. The van der Waals surface area contributed by atoms with Gasteiger partial charge in [0, 0.05) is 17.6 Å². The maximum Gasteiger partial charge on any atom is 0.0378 e. The predicted octanol–water partition coefficient (Wildman–Crippen LogP) is 4.23. The summed E-state index contributed by atoms with van der Waals surface area (Å²) in [6.45, 7) is 2.20. The topological polar surface area (TPSA) is 12.0 Å². The number of benzene rings is 1. The molecular formula is C15H21N. The summed E-state index contributed by atoms with van der Waals surface area (Å²) in [6.07, 6.45) is 8.43. The van der Waals surface area contributed by atoms with Crippen LogP contribution >= 0.6 is 0 Å². The van der Waals surface area contributed by atoms with Gasteiger partial charge in [-0.05, 0) is 31.4 Å². The quantitative estimate of drug-likeness (QED) is 0.683. The summed E-state index contributed by atoms with van der Waals surface area (Å²) >= 11 is 0. The van der Waals surface area contributed by atoms with Crippen molar-refractivity contribution in [3.05, 3.63) is 29.3 Å². The van der Waals surface area contributed by atoms with Gasteiger partial charge in [-0.1, -0.05) is 43.4 Å². The van der Waals surface area contributed by atoms with Gasteiger partial charge in [-0.15, -0.1) is 0 Å². The number of nitrogens with one attached hydrogen (secondary N) is 1. The Hall–Kier alpha value is -0.980. The zero-order chi connectivity index (χ0) is 11.0. The van der Waals surface area contributed by atoms with Gasteiger partial charge in [0.05, 0.1) is 0 Å². The molecule has 1 heteroatoms. The van der Waals surface area contributed by atoms with Crippen molar-refractivity contribution in [1.29, 1.82) is 0 Å². The van der Waals surface area contributed by atoms with Crippen LogP contribution in [0.1, 0.15) is 55.6 Å². The molecular weight excluding hydrogens is 194 g/mol. The van der Waals surface area contributed by atoms with Crippen LogP contribution in [0.5, 0.6) is 0 Å². The second-order valence-corrected chi connectivity index (χ2v) is 5.44. The predicted molar refractivity (Wildman–Crippen MR) is 69.0 cm³/mol. The standard InChI is InChI=1S/C15H21N/c1-11-8-9-15-13(10-11)12-6-4-2-3-5-7-14(12)16-15/h8-10,12,14,16H,2-7H2,1H3. The highest BCUT2D eigenvalue weighted by Crippen LogP contribution is 2.42. The molecule has 1 aliphatic carbocycles. The average molecular weight is 215 g/mol. The van der Waals surface area contributed by atoms with Crippen LogP contribution < -0.4 is 5.32 Å². The lowest BCUT2D eigenvalue weighted by molar-refractivity contribution is 0.437. The van der Waals surface area contributed by atoms with E-state index in [4.69, 9.17) is 0 Å². The van der Waals surface area contributed by atoms with Crippen LogP contribution in [-0.4, -0.2) is 6.04 Å². The van der Waals surface area contributed by atoms with E-state index < -0.39 is 0 Å². The summed E-state index contributed by atoms with van der Waals surface area (Å²) in [6, 6.07) is 7.62. The van der Waals surface area contributed by atoms with Gasteiger partial charge in [0.1, 0.15) is 0 Å². The van der Waals surface area contributed by atoms with Gasteiger partial charge in [0.2, 0.25) is 0 Å². The highest BCUT2D eigenvalue weighted by Gasteiger charge is 2.31. The molecule has 0 saturated heterocycles. The summed E-state index contributed by atoms with van der Waals surface area (Å²) < 4.78 is 0. The van der Waals surface area contributed by atoms with E-state index in [0.717, 1.165) is 12.0 Å². The van der Waals surface area contributed by atoms with Crippen molar-refractivity contribution in [2.45, 2.75) is 57.4 Å². The first kappa shape index (κ1) is 10.2.